The van der Waals surface area contributed by atoms with Gasteiger partial charge in [0.15, 0.2) is 0 Å². The third-order valence-electron chi connectivity index (χ3n) is 2.11. The van der Waals surface area contributed by atoms with Gasteiger partial charge in [-0.05, 0) is 6.42 Å². The number of aromatic amines is 1. The molecule has 78 valence electrons. The molecular formula is C10H10N2O2S. The molecule has 0 saturated carbocycles. The molecule has 0 aliphatic carbocycles. The van der Waals surface area contributed by atoms with Crippen molar-refractivity contribution in [1.29, 1.82) is 0 Å². The number of nitrogens with one attached hydrogen (secondary N) is 1. The van der Waals surface area contributed by atoms with Crippen LogP contribution in [0, 0.1) is 0 Å². The SMILES string of the molecule is CCc1nc(-c2c[nH]cc2C(=O)O)cs1. The van der Waals surface area contributed by atoms with Gasteiger partial charge in [-0.15, -0.1) is 11.3 Å². The highest BCUT2D eigenvalue weighted by atomic mass is 32.1. The van der Waals surface area contributed by atoms with Gasteiger partial charge < -0.3 is 10.1 Å². The number of hydrogen-bond donors (Lipinski definition) is 2. The summed E-state index contributed by atoms with van der Waals surface area (Å²) in [6, 6.07) is 0. The average molecular weight is 222 g/mol. The van der Waals surface area contributed by atoms with Crippen molar-refractivity contribution < 1.29 is 9.90 Å². The number of thiazole rings is 1. The summed E-state index contributed by atoms with van der Waals surface area (Å²) in [5, 5.41) is 11.8. The Hall–Kier alpha value is -1.62. The zero-order chi connectivity index (χ0) is 10.8. The molecule has 5 heteroatoms. The van der Waals surface area contributed by atoms with Gasteiger partial charge in [0.25, 0.3) is 0 Å². The van der Waals surface area contributed by atoms with E-state index in [1.54, 1.807) is 17.5 Å². The van der Waals surface area contributed by atoms with Crippen LogP contribution in [0.15, 0.2) is 17.8 Å². The van der Waals surface area contributed by atoms with E-state index in [1.807, 2.05) is 12.3 Å². The van der Waals surface area contributed by atoms with Gasteiger partial charge >= 0.3 is 5.97 Å². The van der Waals surface area contributed by atoms with E-state index in [2.05, 4.69) is 9.97 Å². The molecule has 0 fully saturated rings. The van der Waals surface area contributed by atoms with Crippen LogP contribution in [0.1, 0.15) is 22.3 Å². The Morgan fingerprint density at radius 3 is 3.00 bits per heavy atom. The first-order valence-electron chi connectivity index (χ1n) is 4.57. The molecule has 2 aromatic rings. The lowest BCUT2D eigenvalue weighted by atomic mass is 10.1. The summed E-state index contributed by atoms with van der Waals surface area (Å²) in [6.45, 7) is 2.03. The van der Waals surface area contributed by atoms with Crippen LogP contribution in [0.4, 0.5) is 0 Å². The maximum absolute atomic E-state index is 10.9. The van der Waals surface area contributed by atoms with Crippen molar-refractivity contribution in [1.82, 2.24) is 9.97 Å². The fourth-order valence-electron chi connectivity index (χ4n) is 1.35. The minimum Gasteiger partial charge on any atom is -0.478 e. The lowest BCUT2D eigenvalue weighted by Crippen LogP contribution is -1.96. The van der Waals surface area contributed by atoms with Gasteiger partial charge in [-0.2, -0.15) is 0 Å². The molecular weight excluding hydrogens is 212 g/mol. The van der Waals surface area contributed by atoms with Crippen LogP contribution >= 0.6 is 11.3 Å². The van der Waals surface area contributed by atoms with Crippen LogP contribution in [-0.4, -0.2) is 21.0 Å². The standard InChI is InChI=1S/C10H10N2O2S/c1-2-9-12-8(5-15-9)6-3-11-4-7(6)10(13)14/h3-5,11H,2H2,1H3,(H,13,14). The van der Waals surface area contributed by atoms with Crippen LogP contribution in [0.25, 0.3) is 11.3 Å². The summed E-state index contributed by atoms with van der Waals surface area (Å²) in [5.41, 5.74) is 1.65. The van der Waals surface area contributed by atoms with Crippen molar-refractivity contribution in [3.63, 3.8) is 0 Å². The minimum atomic E-state index is -0.933. The number of rotatable bonds is 3. The zero-order valence-corrected chi connectivity index (χ0v) is 8.97. The molecule has 0 radical (unpaired) electrons. The van der Waals surface area contributed by atoms with Gasteiger partial charge in [0.2, 0.25) is 0 Å². The Morgan fingerprint density at radius 1 is 1.60 bits per heavy atom. The smallest absolute Gasteiger partial charge is 0.337 e. The summed E-state index contributed by atoms with van der Waals surface area (Å²) in [4.78, 5) is 18.0. The highest BCUT2D eigenvalue weighted by Gasteiger charge is 2.14. The molecule has 4 nitrogen and oxygen atoms in total. The number of aromatic carboxylic acids is 1. The molecule has 0 unspecified atom stereocenters. The van der Waals surface area contributed by atoms with E-state index in [-0.39, 0.29) is 5.56 Å². The van der Waals surface area contributed by atoms with Crippen LogP contribution in [-0.2, 0) is 6.42 Å². The number of carboxylic acids is 1. The third kappa shape index (κ3) is 1.78. The second-order valence-electron chi connectivity index (χ2n) is 3.07. The Morgan fingerprint density at radius 2 is 2.40 bits per heavy atom. The number of hydrogen-bond acceptors (Lipinski definition) is 3. The first-order chi connectivity index (χ1) is 7.22. The number of carbonyl (C=O) groups is 1. The van der Waals surface area contributed by atoms with E-state index in [0.29, 0.717) is 5.56 Å². The summed E-state index contributed by atoms with van der Waals surface area (Å²) in [5.74, 6) is -0.933. The van der Waals surface area contributed by atoms with E-state index in [0.717, 1.165) is 17.1 Å². The van der Waals surface area contributed by atoms with Crippen LogP contribution in [0.2, 0.25) is 0 Å². The Labute approximate surface area is 90.6 Å². The fourth-order valence-corrected chi connectivity index (χ4v) is 2.09. The number of carboxylic acid groups (broad SMARTS) is 1. The van der Waals surface area contributed by atoms with E-state index in [4.69, 9.17) is 5.11 Å². The second kappa shape index (κ2) is 3.86. The van der Waals surface area contributed by atoms with Crippen molar-refractivity contribution in [3.05, 3.63) is 28.3 Å². The summed E-state index contributed by atoms with van der Waals surface area (Å²) in [7, 11) is 0. The summed E-state index contributed by atoms with van der Waals surface area (Å²) in [6.07, 6.45) is 4.01. The van der Waals surface area contributed by atoms with Crippen LogP contribution in [0.5, 0.6) is 0 Å². The van der Waals surface area contributed by atoms with Gasteiger partial charge in [-0.25, -0.2) is 9.78 Å². The van der Waals surface area contributed by atoms with Gasteiger partial charge in [0.05, 0.1) is 16.3 Å². The maximum atomic E-state index is 10.9. The first-order valence-corrected chi connectivity index (χ1v) is 5.45. The molecule has 2 N–H and O–H groups in total. The Balaban J connectivity index is 2.44. The first kappa shape index (κ1) is 9.92. The Bertz CT molecular complexity index is 487. The monoisotopic (exact) mass is 222 g/mol. The predicted octanol–water partition coefficient (Wildman–Crippen LogP) is 2.40. The molecule has 2 rings (SSSR count). The molecule has 0 aliphatic rings. The molecule has 2 heterocycles. The molecule has 0 aromatic carbocycles. The van der Waals surface area contributed by atoms with Crippen molar-refractivity contribution in [2.24, 2.45) is 0 Å². The average Bonchev–Trinajstić information content (AvgIpc) is 2.85. The van der Waals surface area contributed by atoms with E-state index in [1.165, 1.54) is 6.20 Å². The Kier molecular flexibility index (Phi) is 2.55. The lowest BCUT2D eigenvalue weighted by molar-refractivity contribution is 0.0698. The van der Waals surface area contributed by atoms with E-state index in [9.17, 15) is 4.79 Å². The maximum Gasteiger partial charge on any atom is 0.337 e. The van der Waals surface area contributed by atoms with Gasteiger partial charge in [0.1, 0.15) is 0 Å². The molecule has 0 atom stereocenters. The molecule has 15 heavy (non-hydrogen) atoms. The van der Waals surface area contributed by atoms with Crippen molar-refractivity contribution in [2.75, 3.05) is 0 Å². The summed E-state index contributed by atoms with van der Waals surface area (Å²) >= 11 is 1.55. The highest BCUT2D eigenvalue weighted by Crippen LogP contribution is 2.25. The minimum absolute atomic E-state index is 0.267. The highest BCUT2D eigenvalue weighted by molar-refractivity contribution is 7.09. The third-order valence-corrected chi connectivity index (χ3v) is 3.10. The van der Waals surface area contributed by atoms with Gasteiger partial charge in [-0.3, -0.25) is 0 Å². The fraction of sp³-hybridized carbons (Fsp3) is 0.200. The van der Waals surface area contributed by atoms with E-state index < -0.39 is 5.97 Å². The molecule has 0 bridgehead atoms. The van der Waals surface area contributed by atoms with Gasteiger partial charge in [0, 0.05) is 23.3 Å². The van der Waals surface area contributed by atoms with E-state index >= 15 is 0 Å². The van der Waals surface area contributed by atoms with Crippen molar-refractivity contribution in [2.45, 2.75) is 13.3 Å². The van der Waals surface area contributed by atoms with Crippen LogP contribution < -0.4 is 0 Å². The molecule has 0 amide bonds. The van der Waals surface area contributed by atoms with Gasteiger partial charge in [-0.1, -0.05) is 6.92 Å². The molecule has 0 spiro atoms. The topological polar surface area (TPSA) is 66.0 Å². The van der Waals surface area contributed by atoms with Crippen LogP contribution in [0.3, 0.4) is 0 Å². The number of aromatic nitrogens is 2. The largest absolute Gasteiger partial charge is 0.478 e. The lowest BCUT2D eigenvalue weighted by Gasteiger charge is -1.94. The normalized spacial score (nSPS) is 10.5. The molecule has 0 saturated heterocycles. The quantitative estimate of drug-likeness (QED) is 0.838. The molecule has 2 aromatic heterocycles. The number of H-pyrrole nitrogens is 1. The zero-order valence-electron chi connectivity index (χ0n) is 8.15. The number of nitrogens with zero attached hydrogens (tertiary/aromatic N) is 1. The predicted molar refractivity (Wildman–Crippen MR) is 58.2 cm³/mol. The van der Waals surface area contributed by atoms with Crippen molar-refractivity contribution >= 4 is 17.3 Å². The number of aryl methyl sites for hydroxylation is 1. The molecule has 0 aliphatic heterocycles. The van der Waals surface area contributed by atoms with Crippen molar-refractivity contribution in [3.8, 4) is 11.3 Å². The summed E-state index contributed by atoms with van der Waals surface area (Å²) < 4.78 is 0. The second-order valence-corrected chi connectivity index (χ2v) is 4.01.